The van der Waals surface area contributed by atoms with Crippen molar-refractivity contribution < 1.29 is 19.1 Å². The summed E-state index contributed by atoms with van der Waals surface area (Å²) in [6.07, 6.45) is -1.29. The molecule has 136 valence electrons. The maximum absolute atomic E-state index is 13.6. The summed E-state index contributed by atoms with van der Waals surface area (Å²) in [6, 6.07) is 3.32. The van der Waals surface area contributed by atoms with Crippen molar-refractivity contribution in [2.24, 2.45) is 11.7 Å². The molecule has 6 nitrogen and oxygen atoms in total. The number of nitrogens with one attached hydrogen (secondary N) is 2. The van der Waals surface area contributed by atoms with Crippen molar-refractivity contribution in [3.8, 4) is 0 Å². The molecular formula is C15H22Cl2FN3O3. The van der Waals surface area contributed by atoms with Gasteiger partial charge in [-0.25, -0.2) is 4.39 Å². The predicted octanol–water partition coefficient (Wildman–Crippen LogP) is 1.15. The van der Waals surface area contributed by atoms with E-state index in [1.54, 1.807) is 13.8 Å². The smallest absolute Gasteiger partial charge is 0.239 e. The molecule has 0 aromatic heterocycles. The zero-order chi connectivity index (χ0) is 17.6. The number of hydrogen-bond donors (Lipinski definition) is 4. The van der Waals surface area contributed by atoms with E-state index in [2.05, 4.69) is 10.6 Å². The second kappa shape index (κ2) is 10.5. The van der Waals surface area contributed by atoms with Gasteiger partial charge in [-0.2, -0.15) is 0 Å². The van der Waals surface area contributed by atoms with E-state index in [1.165, 1.54) is 18.2 Å². The minimum absolute atomic E-state index is 0. The molecule has 2 atom stereocenters. The lowest BCUT2D eigenvalue weighted by molar-refractivity contribution is -0.127. The summed E-state index contributed by atoms with van der Waals surface area (Å²) in [5, 5.41) is 14.8. The van der Waals surface area contributed by atoms with Crippen LogP contribution in [-0.2, 0) is 9.59 Å². The molecule has 0 aliphatic heterocycles. The highest BCUT2D eigenvalue weighted by Gasteiger charge is 2.19. The lowest BCUT2D eigenvalue weighted by Gasteiger charge is -2.16. The van der Waals surface area contributed by atoms with Gasteiger partial charge in [0.1, 0.15) is 11.9 Å². The largest absolute Gasteiger partial charge is 0.386 e. The molecule has 0 bridgehead atoms. The Balaban J connectivity index is 0.00000529. The normalized spacial score (nSPS) is 13.0. The maximum atomic E-state index is 13.6. The highest BCUT2D eigenvalue weighted by Crippen LogP contribution is 2.25. The van der Waals surface area contributed by atoms with E-state index in [0.717, 1.165) is 0 Å². The molecule has 0 heterocycles. The first-order valence-corrected chi connectivity index (χ1v) is 7.53. The van der Waals surface area contributed by atoms with E-state index in [1.807, 2.05) is 0 Å². The second-order valence-corrected chi connectivity index (χ2v) is 5.85. The van der Waals surface area contributed by atoms with Crippen molar-refractivity contribution in [3.05, 3.63) is 34.6 Å². The van der Waals surface area contributed by atoms with Gasteiger partial charge < -0.3 is 21.5 Å². The highest BCUT2D eigenvalue weighted by molar-refractivity contribution is 6.31. The fourth-order valence-electron chi connectivity index (χ4n) is 1.79. The van der Waals surface area contributed by atoms with Gasteiger partial charge in [0.25, 0.3) is 0 Å². The zero-order valence-electron chi connectivity index (χ0n) is 13.4. The molecule has 1 unspecified atom stereocenters. The number of amides is 2. The van der Waals surface area contributed by atoms with Crippen molar-refractivity contribution >= 4 is 35.8 Å². The number of carbonyl (C=O) groups is 2. The van der Waals surface area contributed by atoms with Crippen LogP contribution in [0, 0.1) is 11.7 Å². The molecule has 0 saturated carbocycles. The van der Waals surface area contributed by atoms with Gasteiger partial charge in [0.05, 0.1) is 12.6 Å². The molecule has 1 rings (SSSR count). The second-order valence-electron chi connectivity index (χ2n) is 5.44. The number of rotatable bonds is 7. The Bertz CT molecular complexity index is 553. The first-order valence-electron chi connectivity index (χ1n) is 7.16. The Morgan fingerprint density at radius 1 is 1.33 bits per heavy atom. The van der Waals surface area contributed by atoms with E-state index in [4.69, 9.17) is 17.3 Å². The number of hydrogen-bond acceptors (Lipinski definition) is 4. The molecule has 0 radical (unpaired) electrons. The Morgan fingerprint density at radius 3 is 2.50 bits per heavy atom. The number of benzene rings is 1. The molecular weight excluding hydrogens is 360 g/mol. The first-order chi connectivity index (χ1) is 10.7. The van der Waals surface area contributed by atoms with E-state index < -0.39 is 29.8 Å². The minimum atomic E-state index is -1.29. The van der Waals surface area contributed by atoms with Crippen LogP contribution in [0.25, 0.3) is 0 Å². The van der Waals surface area contributed by atoms with Crippen LogP contribution < -0.4 is 16.4 Å². The van der Waals surface area contributed by atoms with E-state index in [9.17, 15) is 19.1 Å². The molecule has 5 N–H and O–H groups in total. The summed E-state index contributed by atoms with van der Waals surface area (Å²) in [5.74, 6) is -1.67. The van der Waals surface area contributed by atoms with Crippen LogP contribution in [0.4, 0.5) is 4.39 Å². The highest BCUT2D eigenvalue weighted by atomic mass is 35.5. The average molecular weight is 382 g/mol. The quantitative estimate of drug-likeness (QED) is 0.568. The SMILES string of the molecule is CC(C)[C@H](N)C(=O)NCC(=O)NCC(O)c1c(F)cccc1Cl.Cl. The van der Waals surface area contributed by atoms with Crippen LogP contribution in [0.2, 0.25) is 5.02 Å². The van der Waals surface area contributed by atoms with Gasteiger partial charge in [0, 0.05) is 17.1 Å². The summed E-state index contributed by atoms with van der Waals surface area (Å²) in [5.41, 5.74) is 5.55. The van der Waals surface area contributed by atoms with Gasteiger partial charge in [-0.3, -0.25) is 9.59 Å². The van der Waals surface area contributed by atoms with Crippen molar-refractivity contribution in [2.75, 3.05) is 13.1 Å². The molecule has 1 aromatic rings. The molecule has 0 aliphatic carbocycles. The molecule has 0 saturated heterocycles. The van der Waals surface area contributed by atoms with E-state index in [-0.39, 0.29) is 42.0 Å². The summed E-state index contributed by atoms with van der Waals surface area (Å²) in [7, 11) is 0. The third-order valence-electron chi connectivity index (χ3n) is 3.27. The van der Waals surface area contributed by atoms with Crippen LogP contribution in [0.15, 0.2) is 18.2 Å². The van der Waals surface area contributed by atoms with Gasteiger partial charge in [-0.1, -0.05) is 31.5 Å². The van der Waals surface area contributed by atoms with Crippen LogP contribution in [-0.4, -0.2) is 36.1 Å². The molecule has 2 amide bonds. The fraction of sp³-hybridized carbons (Fsp3) is 0.467. The minimum Gasteiger partial charge on any atom is -0.386 e. The molecule has 1 aromatic carbocycles. The van der Waals surface area contributed by atoms with Gasteiger partial charge in [0.2, 0.25) is 11.8 Å². The Labute approximate surface area is 151 Å². The number of halogens is 3. The fourth-order valence-corrected chi connectivity index (χ4v) is 2.08. The molecule has 24 heavy (non-hydrogen) atoms. The summed E-state index contributed by atoms with van der Waals surface area (Å²) in [6.45, 7) is 3.07. The number of aliphatic hydroxyl groups is 1. The van der Waals surface area contributed by atoms with Crippen molar-refractivity contribution in [1.82, 2.24) is 10.6 Å². The summed E-state index contributed by atoms with van der Waals surface area (Å²) < 4.78 is 13.6. The Kier molecular flexibility index (Phi) is 9.84. The van der Waals surface area contributed by atoms with Crippen LogP contribution in [0.5, 0.6) is 0 Å². The van der Waals surface area contributed by atoms with Gasteiger partial charge in [-0.05, 0) is 18.1 Å². The Hall–Kier alpha value is -1.41. The number of aliphatic hydroxyl groups excluding tert-OH is 1. The summed E-state index contributed by atoms with van der Waals surface area (Å²) >= 11 is 5.82. The van der Waals surface area contributed by atoms with Gasteiger partial charge in [0.15, 0.2) is 0 Å². The first kappa shape index (κ1) is 22.6. The molecule has 9 heteroatoms. The van der Waals surface area contributed by atoms with E-state index >= 15 is 0 Å². The number of nitrogens with two attached hydrogens (primary N) is 1. The Morgan fingerprint density at radius 2 is 1.96 bits per heavy atom. The maximum Gasteiger partial charge on any atom is 0.239 e. The van der Waals surface area contributed by atoms with E-state index in [0.29, 0.717) is 0 Å². The van der Waals surface area contributed by atoms with Gasteiger partial charge >= 0.3 is 0 Å². The molecule has 0 aliphatic rings. The monoisotopic (exact) mass is 381 g/mol. The molecule has 0 spiro atoms. The van der Waals surface area contributed by atoms with Gasteiger partial charge in [-0.15, -0.1) is 12.4 Å². The van der Waals surface area contributed by atoms with Crippen molar-refractivity contribution in [2.45, 2.75) is 26.0 Å². The molecule has 0 fully saturated rings. The van der Waals surface area contributed by atoms with Crippen LogP contribution in [0.1, 0.15) is 25.5 Å². The number of carbonyl (C=O) groups excluding carboxylic acids is 2. The zero-order valence-corrected chi connectivity index (χ0v) is 15.0. The van der Waals surface area contributed by atoms with Crippen molar-refractivity contribution in [3.63, 3.8) is 0 Å². The topological polar surface area (TPSA) is 104 Å². The third kappa shape index (κ3) is 6.60. The lowest BCUT2D eigenvalue weighted by atomic mass is 10.1. The lowest BCUT2D eigenvalue weighted by Crippen LogP contribution is -2.47. The average Bonchev–Trinajstić information content (AvgIpc) is 2.49. The van der Waals surface area contributed by atoms with Crippen LogP contribution in [0.3, 0.4) is 0 Å². The predicted molar refractivity (Wildman–Crippen MR) is 92.5 cm³/mol. The summed E-state index contributed by atoms with van der Waals surface area (Å²) in [4.78, 5) is 23.2. The standard InChI is InChI=1S/C15H21ClFN3O3.ClH/c1-8(2)14(18)15(23)20-7-12(22)19-6-11(21)13-9(16)4-3-5-10(13)17;/h3-5,8,11,14,21H,6-7,18H2,1-2H3,(H,19,22)(H,20,23);1H/t11?,14-;/m0./s1. The van der Waals surface area contributed by atoms with Crippen LogP contribution >= 0.6 is 24.0 Å². The van der Waals surface area contributed by atoms with Crippen molar-refractivity contribution in [1.29, 1.82) is 0 Å². The third-order valence-corrected chi connectivity index (χ3v) is 3.60.